The molecule has 0 aliphatic carbocycles. The van der Waals surface area contributed by atoms with Crippen LogP contribution in [0.25, 0.3) is 0 Å². The van der Waals surface area contributed by atoms with Crippen LogP contribution in [0.15, 0.2) is 0 Å². The van der Waals surface area contributed by atoms with Gasteiger partial charge in [0.25, 0.3) is 0 Å². The summed E-state index contributed by atoms with van der Waals surface area (Å²) in [6.07, 6.45) is 11.3. The van der Waals surface area contributed by atoms with Crippen molar-refractivity contribution in [1.82, 2.24) is 0 Å². The Morgan fingerprint density at radius 3 is 2.04 bits per heavy atom. The third kappa shape index (κ3) is 16.9. The van der Waals surface area contributed by atoms with E-state index in [1.54, 1.807) is 0 Å². The second kappa shape index (κ2) is 13.3. The second-order valence-corrected chi connectivity index (χ2v) is 10.00. The SMILES string of the molecule is CCCCCCCCCCC(N)COP(C)(=O)OCC[N+](C)(C)C. The molecule has 24 heavy (non-hydrogen) atoms. The molecule has 0 radical (unpaired) electrons. The Labute approximate surface area is 150 Å². The summed E-state index contributed by atoms with van der Waals surface area (Å²) in [4.78, 5) is 0. The Bertz CT molecular complexity index is 346. The molecule has 0 fully saturated rings. The molecule has 0 aromatic rings. The molecule has 2 atom stereocenters. The number of nitrogens with zero attached hydrogens (tertiary/aromatic N) is 1. The monoisotopic (exact) mass is 365 g/mol. The van der Waals surface area contributed by atoms with Crippen LogP contribution in [0.1, 0.15) is 64.7 Å². The number of unbranched alkanes of at least 4 members (excludes halogenated alkanes) is 7. The summed E-state index contributed by atoms with van der Waals surface area (Å²) in [5.41, 5.74) is 6.05. The lowest BCUT2D eigenvalue weighted by Gasteiger charge is -2.24. The Hall–Kier alpha value is 0.0700. The lowest BCUT2D eigenvalue weighted by Crippen LogP contribution is -2.37. The summed E-state index contributed by atoms with van der Waals surface area (Å²) in [5.74, 6) is 0. The first kappa shape index (κ1) is 24.1. The molecule has 0 amide bonds. The molecular formula is C18H42N2O3P+. The van der Waals surface area contributed by atoms with Crippen LogP contribution in [-0.4, -0.2) is 58.1 Å². The molecule has 2 unspecified atom stereocenters. The topological polar surface area (TPSA) is 61.5 Å². The fourth-order valence-corrected chi connectivity index (χ4v) is 3.32. The summed E-state index contributed by atoms with van der Waals surface area (Å²) < 4.78 is 23.8. The van der Waals surface area contributed by atoms with E-state index in [4.69, 9.17) is 14.8 Å². The zero-order valence-corrected chi connectivity index (χ0v) is 17.7. The van der Waals surface area contributed by atoms with Crippen molar-refractivity contribution in [3.63, 3.8) is 0 Å². The maximum absolute atomic E-state index is 12.2. The van der Waals surface area contributed by atoms with Gasteiger partial charge in [-0.1, -0.05) is 58.3 Å². The normalized spacial score (nSPS) is 16.1. The smallest absolute Gasteiger partial charge is 0.327 e. The Balaban J connectivity index is 3.62. The van der Waals surface area contributed by atoms with E-state index < -0.39 is 7.60 Å². The third-order valence-corrected chi connectivity index (χ3v) is 5.31. The van der Waals surface area contributed by atoms with Crippen LogP contribution < -0.4 is 5.73 Å². The fourth-order valence-electron chi connectivity index (χ4n) is 2.37. The average molecular weight is 366 g/mol. The van der Waals surface area contributed by atoms with Gasteiger partial charge in [0, 0.05) is 12.7 Å². The van der Waals surface area contributed by atoms with Gasteiger partial charge in [0.15, 0.2) is 0 Å². The minimum absolute atomic E-state index is 0.0552. The zero-order chi connectivity index (χ0) is 18.5. The van der Waals surface area contributed by atoms with Gasteiger partial charge in [-0.15, -0.1) is 0 Å². The molecule has 6 heteroatoms. The van der Waals surface area contributed by atoms with E-state index in [0.29, 0.717) is 13.2 Å². The molecule has 0 aliphatic rings. The number of hydrogen-bond acceptors (Lipinski definition) is 4. The maximum Gasteiger partial charge on any atom is 0.327 e. The van der Waals surface area contributed by atoms with Crippen molar-refractivity contribution in [2.45, 2.75) is 70.8 Å². The van der Waals surface area contributed by atoms with Gasteiger partial charge in [-0.2, -0.15) is 0 Å². The predicted octanol–water partition coefficient (Wildman–Crippen LogP) is 4.41. The van der Waals surface area contributed by atoms with Crippen LogP contribution in [0.2, 0.25) is 0 Å². The van der Waals surface area contributed by atoms with Crippen molar-refractivity contribution >= 4 is 7.60 Å². The van der Waals surface area contributed by atoms with Crippen LogP contribution in [0.4, 0.5) is 0 Å². The number of rotatable bonds is 16. The Kier molecular flexibility index (Phi) is 13.3. The van der Waals surface area contributed by atoms with Crippen molar-refractivity contribution in [3.05, 3.63) is 0 Å². The van der Waals surface area contributed by atoms with Gasteiger partial charge in [0.1, 0.15) is 13.2 Å². The molecule has 0 bridgehead atoms. The first-order chi connectivity index (χ1) is 11.2. The molecule has 0 heterocycles. The number of quaternary nitrogens is 1. The molecule has 0 aromatic carbocycles. The highest BCUT2D eigenvalue weighted by Gasteiger charge is 2.20. The Morgan fingerprint density at radius 1 is 0.958 bits per heavy atom. The fraction of sp³-hybridized carbons (Fsp3) is 1.00. The highest BCUT2D eigenvalue weighted by molar-refractivity contribution is 7.52. The summed E-state index contributed by atoms with van der Waals surface area (Å²) in [5, 5.41) is 0. The van der Waals surface area contributed by atoms with E-state index in [9.17, 15) is 4.57 Å². The van der Waals surface area contributed by atoms with Crippen molar-refractivity contribution < 1.29 is 18.1 Å². The first-order valence-corrected chi connectivity index (χ1v) is 11.6. The van der Waals surface area contributed by atoms with Gasteiger partial charge in [0.05, 0.1) is 27.7 Å². The van der Waals surface area contributed by atoms with E-state index in [0.717, 1.165) is 23.9 Å². The molecule has 0 rings (SSSR count). The largest absolute Gasteiger partial charge is 0.329 e. The minimum atomic E-state index is -2.98. The van der Waals surface area contributed by atoms with Crippen LogP contribution in [0.3, 0.4) is 0 Å². The van der Waals surface area contributed by atoms with E-state index in [1.807, 2.05) is 0 Å². The van der Waals surface area contributed by atoms with E-state index in [1.165, 1.54) is 51.6 Å². The van der Waals surface area contributed by atoms with Gasteiger partial charge in [-0.3, -0.25) is 4.57 Å². The Morgan fingerprint density at radius 2 is 1.50 bits per heavy atom. The average Bonchev–Trinajstić information content (AvgIpc) is 2.46. The van der Waals surface area contributed by atoms with Crippen LogP contribution >= 0.6 is 7.60 Å². The van der Waals surface area contributed by atoms with Crippen LogP contribution in [-0.2, 0) is 13.6 Å². The lowest BCUT2D eigenvalue weighted by molar-refractivity contribution is -0.870. The summed E-state index contributed by atoms with van der Waals surface area (Å²) in [7, 11) is 3.24. The molecule has 0 aliphatic heterocycles. The molecule has 0 saturated carbocycles. The lowest BCUT2D eigenvalue weighted by atomic mass is 10.1. The molecule has 5 nitrogen and oxygen atoms in total. The van der Waals surface area contributed by atoms with Crippen molar-refractivity contribution in [1.29, 1.82) is 0 Å². The predicted molar refractivity (Wildman–Crippen MR) is 104 cm³/mol. The van der Waals surface area contributed by atoms with Gasteiger partial charge in [0.2, 0.25) is 0 Å². The highest BCUT2D eigenvalue weighted by atomic mass is 31.2. The number of hydrogen-bond donors (Lipinski definition) is 1. The summed E-state index contributed by atoms with van der Waals surface area (Å²) in [6, 6.07) is -0.0552. The van der Waals surface area contributed by atoms with Gasteiger partial charge in [-0.05, 0) is 6.42 Å². The molecule has 2 N–H and O–H groups in total. The van der Waals surface area contributed by atoms with Crippen LogP contribution in [0, 0.1) is 0 Å². The van der Waals surface area contributed by atoms with Gasteiger partial charge < -0.3 is 19.3 Å². The molecule has 146 valence electrons. The maximum atomic E-state index is 12.2. The number of nitrogens with two attached hydrogens (primary N) is 1. The molecule has 0 aromatic heterocycles. The zero-order valence-electron chi connectivity index (χ0n) is 16.8. The van der Waals surface area contributed by atoms with Gasteiger partial charge >= 0.3 is 7.60 Å². The minimum Gasteiger partial charge on any atom is -0.329 e. The van der Waals surface area contributed by atoms with E-state index >= 15 is 0 Å². The standard InChI is InChI=1S/C18H42N2O3P/c1-6-7-8-9-10-11-12-13-14-18(19)17-23-24(5,21)22-16-15-20(2,3)4/h18H,6-17,19H2,1-5H3/q+1. The van der Waals surface area contributed by atoms with Crippen molar-refractivity contribution in [2.75, 3.05) is 47.6 Å². The quantitative estimate of drug-likeness (QED) is 0.250. The van der Waals surface area contributed by atoms with Gasteiger partial charge in [-0.25, -0.2) is 0 Å². The molecule has 0 spiro atoms. The van der Waals surface area contributed by atoms with Crippen molar-refractivity contribution in [3.8, 4) is 0 Å². The van der Waals surface area contributed by atoms with E-state index in [2.05, 4.69) is 28.1 Å². The highest BCUT2D eigenvalue weighted by Crippen LogP contribution is 2.43. The van der Waals surface area contributed by atoms with E-state index in [-0.39, 0.29) is 6.04 Å². The third-order valence-electron chi connectivity index (χ3n) is 4.04. The van der Waals surface area contributed by atoms with Crippen molar-refractivity contribution in [2.24, 2.45) is 5.73 Å². The number of likely N-dealkylation sites (N-methyl/N-ethyl adjacent to an activating group) is 1. The second-order valence-electron chi connectivity index (χ2n) is 7.94. The van der Waals surface area contributed by atoms with Crippen LogP contribution in [0.5, 0.6) is 0 Å². The first-order valence-electron chi connectivity index (χ1n) is 9.59. The molecule has 0 saturated heterocycles. The molecular weight excluding hydrogens is 323 g/mol. The summed E-state index contributed by atoms with van der Waals surface area (Å²) >= 11 is 0. The summed E-state index contributed by atoms with van der Waals surface area (Å²) in [6.45, 7) is 5.32.